The number of nitrogens with one attached hydrogen (secondary N) is 1. The molecule has 0 aliphatic heterocycles. The van der Waals surface area contributed by atoms with Crippen LogP contribution in [0, 0.1) is 6.92 Å². The number of rotatable bonds is 6. The van der Waals surface area contributed by atoms with E-state index in [2.05, 4.69) is 27.2 Å². The van der Waals surface area contributed by atoms with Crippen LogP contribution in [0.25, 0.3) is 11.0 Å². The van der Waals surface area contributed by atoms with Gasteiger partial charge in [0.1, 0.15) is 5.39 Å². The van der Waals surface area contributed by atoms with E-state index in [1.54, 1.807) is 18.5 Å². The number of H-pyrrole nitrogens is 1. The van der Waals surface area contributed by atoms with Gasteiger partial charge in [-0.25, -0.2) is 9.67 Å². The predicted molar refractivity (Wildman–Crippen MR) is 93.0 cm³/mol. The normalized spacial score (nSPS) is 14.0. The van der Waals surface area contributed by atoms with E-state index in [-0.39, 0.29) is 11.6 Å². The Morgan fingerprint density at radius 1 is 1.29 bits per heavy atom. The fourth-order valence-electron chi connectivity index (χ4n) is 3.11. The van der Waals surface area contributed by atoms with Crippen molar-refractivity contribution in [1.29, 1.82) is 0 Å². The first-order chi connectivity index (χ1) is 11.6. The molecule has 0 saturated carbocycles. The van der Waals surface area contributed by atoms with Gasteiger partial charge in [0.2, 0.25) is 0 Å². The molecule has 126 valence electrons. The van der Waals surface area contributed by atoms with Crippen molar-refractivity contribution in [3.8, 4) is 0 Å². The van der Waals surface area contributed by atoms with Gasteiger partial charge in [-0.05, 0) is 38.7 Å². The molecule has 2 N–H and O–H groups in total. The summed E-state index contributed by atoms with van der Waals surface area (Å²) in [6.07, 6.45) is 3.42. The highest BCUT2D eigenvalue weighted by Crippen LogP contribution is 2.24. The van der Waals surface area contributed by atoms with Gasteiger partial charge in [-0.3, -0.25) is 4.79 Å². The van der Waals surface area contributed by atoms with Crippen molar-refractivity contribution >= 4 is 11.0 Å². The number of aromatic nitrogens is 4. The summed E-state index contributed by atoms with van der Waals surface area (Å²) < 4.78 is 1.70. The van der Waals surface area contributed by atoms with Gasteiger partial charge in [-0.2, -0.15) is 5.10 Å². The maximum atomic E-state index is 12.0. The average Bonchev–Trinajstić information content (AvgIpc) is 2.90. The van der Waals surface area contributed by atoms with E-state index < -0.39 is 6.10 Å². The standard InChI is InChI=1S/C18H22N4O2/c1-12-16-17(19-11-20-18(16)24)22(21-12)15(13(2)23)10-6-9-14-7-4-3-5-8-14/h3-5,7-8,11,13,15,23H,6,9-10H2,1-2H3,(H,19,20,24). The Bertz CT molecular complexity index is 868. The molecule has 2 heterocycles. The fourth-order valence-corrected chi connectivity index (χ4v) is 3.11. The third kappa shape index (κ3) is 3.23. The van der Waals surface area contributed by atoms with Crippen molar-refractivity contribution < 1.29 is 5.11 Å². The quantitative estimate of drug-likeness (QED) is 0.728. The second-order valence-corrected chi connectivity index (χ2v) is 6.15. The van der Waals surface area contributed by atoms with Crippen molar-refractivity contribution in [2.45, 2.75) is 45.3 Å². The second kappa shape index (κ2) is 6.97. The smallest absolute Gasteiger partial charge is 0.262 e. The molecule has 1 aromatic carbocycles. The van der Waals surface area contributed by atoms with Crippen LogP contribution in [0.4, 0.5) is 0 Å². The van der Waals surface area contributed by atoms with Crippen molar-refractivity contribution in [3.05, 3.63) is 58.3 Å². The van der Waals surface area contributed by atoms with Crippen LogP contribution in [0.15, 0.2) is 41.5 Å². The molecule has 0 aliphatic carbocycles. The number of fused-ring (bicyclic) bond motifs is 1. The Labute approximate surface area is 140 Å². The highest BCUT2D eigenvalue weighted by molar-refractivity contribution is 5.76. The maximum Gasteiger partial charge on any atom is 0.262 e. The lowest BCUT2D eigenvalue weighted by atomic mass is 10.0. The predicted octanol–water partition coefficient (Wildman–Crippen LogP) is 2.37. The van der Waals surface area contributed by atoms with Gasteiger partial charge in [0.15, 0.2) is 5.65 Å². The Kier molecular flexibility index (Phi) is 4.76. The Morgan fingerprint density at radius 2 is 2.04 bits per heavy atom. The molecule has 3 rings (SSSR count). The summed E-state index contributed by atoms with van der Waals surface area (Å²) in [5.74, 6) is 0. The molecule has 2 unspecified atom stereocenters. The topological polar surface area (TPSA) is 83.8 Å². The first-order valence-corrected chi connectivity index (χ1v) is 8.22. The lowest BCUT2D eigenvalue weighted by molar-refractivity contribution is 0.118. The Hall–Kier alpha value is -2.47. The molecular formula is C18H22N4O2. The maximum absolute atomic E-state index is 12.0. The zero-order valence-electron chi connectivity index (χ0n) is 13.9. The van der Waals surface area contributed by atoms with Gasteiger partial charge in [0.05, 0.1) is 24.2 Å². The summed E-state index contributed by atoms with van der Waals surface area (Å²) in [7, 11) is 0. The van der Waals surface area contributed by atoms with E-state index in [0.29, 0.717) is 16.7 Å². The first-order valence-electron chi connectivity index (χ1n) is 8.22. The molecule has 6 heteroatoms. The third-order valence-electron chi connectivity index (χ3n) is 4.35. The summed E-state index contributed by atoms with van der Waals surface area (Å²) in [6.45, 7) is 3.54. The number of aliphatic hydroxyl groups excluding tert-OH is 1. The third-order valence-corrected chi connectivity index (χ3v) is 4.35. The monoisotopic (exact) mass is 326 g/mol. The SMILES string of the molecule is Cc1nn(C(CCCc2ccccc2)C(C)O)c2nc[nH]c(=O)c12. The largest absolute Gasteiger partial charge is 0.391 e. The van der Waals surface area contributed by atoms with E-state index in [1.165, 1.54) is 11.9 Å². The van der Waals surface area contributed by atoms with Gasteiger partial charge in [-0.1, -0.05) is 30.3 Å². The molecule has 0 radical (unpaired) electrons. The molecule has 3 aromatic rings. The highest BCUT2D eigenvalue weighted by atomic mass is 16.3. The minimum Gasteiger partial charge on any atom is -0.391 e. The van der Waals surface area contributed by atoms with Crippen molar-refractivity contribution in [2.24, 2.45) is 0 Å². The van der Waals surface area contributed by atoms with Crippen LogP contribution >= 0.6 is 0 Å². The van der Waals surface area contributed by atoms with E-state index in [0.717, 1.165) is 19.3 Å². The van der Waals surface area contributed by atoms with Crippen LogP contribution < -0.4 is 5.56 Å². The van der Waals surface area contributed by atoms with E-state index in [9.17, 15) is 9.90 Å². The molecule has 0 spiro atoms. The molecule has 0 aliphatic rings. The van der Waals surface area contributed by atoms with Crippen molar-refractivity contribution in [3.63, 3.8) is 0 Å². The van der Waals surface area contributed by atoms with Crippen LogP contribution in [-0.2, 0) is 6.42 Å². The van der Waals surface area contributed by atoms with Gasteiger partial charge in [0, 0.05) is 0 Å². The summed E-state index contributed by atoms with van der Waals surface area (Å²) in [5.41, 5.74) is 2.24. The number of hydrogen-bond donors (Lipinski definition) is 2. The lowest BCUT2D eigenvalue weighted by Crippen LogP contribution is -2.23. The molecule has 6 nitrogen and oxygen atoms in total. The Morgan fingerprint density at radius 3 is 2.75 bits per heavy atom. The molecule has 0 fully saturated rings. The van der Waals surface area contributed by atoms with E-state index in [1.807, 2.05) is 18.2 Å². The fraction of sp³-hybridized carbons (Fsp3) is 0.389. The van der Waals surface area contributed by atoms with Gasteiger partial charge in [0.25, 0.3) is 5.56 Å². The van der Waals surface area contributed by atoms with Gasteiger partial charge < -0.3 is 10.1 Å². The number of hydrogen-bond acceptors (Lipinski definition) is 4. The van der Waals surface area contributed by atoms with Crippen LogP contribution in [0.5, 0.6) is 0 Å². The van der Waals surface area contributed by atoms with E-state index in [4.69, 9.17) is 0 Å². The molecule has 0 amide bonds. The summed E-state index contributed by atoms with van der Waals surface area (Å²) >= 11 is 0. The summed E-state index contributed by atoms with van der Waals surface area (Å²) in [4.78, 5) is 18.8. The molecular weight excluding hydrogens is 304 g/mol. The number of aliphatic hydroxyl groups is 1. The molecule has 0 bridgehead atoms. The number of benzene rings is 1. The van der Waals surface area contributed by atoms with Crippen LogP contribution in [-0.4, -0.2) is 31.0 Å². The molecule has 24 heavy (non-hydrogen) atoms. The van der Waals surface area contributed by atoms with Gasteiger partial charge in [-0.15, -0.1) is 0 Å². The molecule has 0 saturated heterocycles. The van der Waals surface area contributed by atoms with Crippen LogP contribution in [0.3, 0.4) is 0 Å². The number of nitrogens with zero attached hydrogens (tertiary/aromatic N) is 3. The lowest BCUT2D eigenvalue weighted by Gasteiger charge is -2.21. The van der Waals surface area contributed by atoms with E-state index >= 15 is 0 Å². The summed E-state index contributed by atoms with van der Waals surface area (Å²) in [6, 6.07) is 10.1. The van der Waals surface area contributed by atoms with Crippen LogP contribution in [0.2, 0.25) is 0 Å². The van der Waals surface area contributed by atoms with Crippen molar-refractivity contribution in [1.82, 2.24) is 19.7 Å². The Balaban J connectivity index is 1.84. The number of aryl methyl sites for hydroxylation is 2. The average molecular weight is 326 g/mol. The minimum absolute atomic E-state index is 0.197. The first kappa shape index (κ1) is 16.4. The van der Waals surface area contributed by atoms with Crippen molar-refractivity contribution in [2.75, 3.05) is 0 Å². The second-order valence-electron chi connectivity index (χ2n) is 6.15. The zero-order valence-corrected chi connectivity index (χ0v) is 13.9. The number of aromatic amines is 1. The minimum atomic E-state index is -0.579. The molecule has 2 atom stereocenters. The summed E-state index contributed by atoms with van der Waals surface area (Å²) in [5, 5.41) is 15.2. The van der Waals surface area contributed by atoms with Crippen LogP contribution in [0.1, 0.15) is 37.1 Å². The molecule has 2 aromatic heterocycles. The zero-order chi connectivity index (χ0) is 17.1. The van der Waals surface area contributed by atoms with Gasteiger partial charge >= 0.3 is 0 Å². The highest BCUT2D eigenvalue weighted by Gasteiger charge is 2.23.